The summed E-state index contributed by atoms with van der Waals surface area (Å²) in [6, 6.07) is 20.2. The van der Waals surface area contributed by atoms with E-state index in [4.69, 9.17) is 4.74 Å². The van der Waals surface area contributed by atoms with Crippen LogP contribution in [-0.4, -0.2) is 37.1 Å². The average molecular weight is 488 g/mol. The summed E-state index contributed by atoms with van der Waals surface area (Å²) in [6.07, 6.45) is 0. The van der Waals surface area contributed by atoms with Gasteiger partial charge in [0, 0.05) is 23.0 Å². The third kappa shape index (κ3) is 3.74. The molecule has 3 amide bonds. The van der Waals surface area contributed by atoms with Crippen LogP contribution in [0, 0.1) is 13.8 Å². The molecule has 3 aromatic rings. The highest BCUT2D eigenvalue weighted by atomic mass is 32.2. The number of carbonyl (C=O) groups excluding carboxylic acids is 3. The normalized spacial score (nSPS) is 18.8. The first-order chi connectivity index (χ1) is 16.8. The van der Waals surface area contributed by atoms with E-state index >= 15 is 0 Å². The minimum absolute atomic E-state index is 0.135. The summed E-state index contributed by atoms with van der Waals surface area (Å²) < 4.78 is 5.22. The van der Waals surface area contributed by atoms with Crippen LogP contribution >= 0.6 is 11.8 Å². The molecule has 0 radical (unpaired) electrons. The van der Waals surface area contributed by atoms with Gasteiger partial charge >= 0.3 is 0 Å². The fraction of sp³-hybridized carbons (Fsp3) is 0.222. The van der Waals surface area contributed by atoms with Gasteiger partial charge in [-0.15, -0.1) is 11.8 Å². The number of methoxy groups -OCH3 is 1. The molecule has 1 saturated heterocycles. The topological polar surface area (TPSA) is 79.0 Å². The van der Waals surface area contributed by atoms with Gasteiger partial charge in [0.1, 0.15) is 12.3 Å². The van der Waals surface area contributed by atoms with E-state index in [1.807, 2.05) is 56.3 Å². The van der Waals surface area contributed by atoms with Gasteiger partial charge in [-0.2, -0.15) is 0 Å². The second kappa shape index (κ2) is 8.78. The minimum Gasteiger partial charge on any atom is -0.497 e. The molecule has 1 spiro atoms. The van der Waals surface area contributed by atoms with Gasteiger partial charge in [0.2, 0.25) is 16.7 Å². The Balaban J connectivity index is 1.51. The summed E-state index contributed by atoms with van der Waals surface area (Å²) in [5.41, 5.74) is 4.74. The van der Waals surface area contributed by atoms with E-state index in [-0.39, 0.29) is 30.0 Å². The Bertz CT molecular complexity index is 1360. The molecule has 1 N–H and O–H groups in total. The standard InChI is InChI=1S/C27H25N3O4S/c1-17-11-12-20(13-18(17)2)30-25(32)16-35-27(30)22-9-4-5-10-23(22)29(26(27)33)15-24(31)28-19-7-6-8-21(14-19)34-3/h4-14H,15-16H2,1-3H3,(H,28,31). The largest absolute Gasteiger partial charge is 0.497 e. The Labute approximate surface area is 208 Å². The summed E-state index contributed by atoms with van der Waals surface area (Å²) in [5.74, 6) is 0.0223. The quantitative estimate of drug-likeness (QED) is 0.583. The van der Waals surface area contributed by atoms with Gasteiger partial charge in [-0.1, -0.05) is 30.3 Å². The van der Waals surface area contributed by atoms with Crippen molar-refractivity contribution >= 4 is 46.5 Å². The maximum absolute atomic E-state index is 14.1. The summed E-state index contributed by atoms with van der Waals surface area (Å²) in [5, 5.41) is 2.84. The molecule has 2 heterocycles. The van der Waals surface area contributed by atoms with E-state index in [0.29, 0.717) is 28.4 Å². The monoisotopic (exact) mass is 487 g/mol. The van der Waals surface area contributed by atoms with Gasteiger partial charge in [-0.3, -0.25) is 24.2 Å². The zero-order valence-electron chi connectivity index (χ0n) is 19.7. The number of hydrogen-bond donors (Lipinski definition) is 1. The number of carbonyl (C=O) groups is 3. The molecule has 0 aromatic heterocycles. The Kier molecular flexibility index (Phi) is 5.76. The van der Waals surface area contributed by atoms with Crippen LogP contribution in [0.15, 0.2) is 66.7 Å². The molecule has 1 fully saturated rings. The number of amides is 3. The van der Waals surface area contributed by atoms with Gasteiger partial charge in [-0.25, -0.2) is 0 Å². The molecule has 35 heavy (non-hydrogen) atoms. The first kappa shape index (κ1) is 23.0. The van der Waals surface area contributed by atoms with E-state index < -0.39 is 4.87 Å². The predicted molar refractivity (Wildman–Crippen MR) is 138 cm³/mol. The van der Waals surface area contributed by atoms with Crippen LogP contribution in [0.1, 0.15) is 16.7 Å². The SMILES string of the molecule is COc1cccc(NC(=O)CN2C(=O)C3(SCC(=O)N3c3ccc(C)c(C)c3)c3ccccc32)c1. The molecule has 3 aromatic carbocycles. The van der Waals surface area contributed by atoms with Gasteiger partial charge < -0.3 is 10.1 Å². The highest BCUT2D eigenvalue weighted by Crippen LogP contribution is 2.55. The molecule has 1 unspecified atom stereocenters. The zero-order valence-corrected chi connectivity index (χ0v) is 20.5. The van der Waals surface area contributed by atoms with Crippen LogP contribution in [0.5, 0.6) is 5.75 Å². The molecule has 0 aliphatic carbocycles. The predicted octanol–water partition coefficient (Wildman–Crippen LogP) is 4.23. The molecule has 0 bridgehead atoms. The van der Waals surface area contributed by atoms with Crippen LogP contribution in [0.2, 0.25) is 0 Å². The van der Waals surface area contributed by atoms with Gasteiger partial charge in [0.05, 0.1) is 18.6 Å². The number of para-hydroxylation sites is 1. The molecule has 0 saturated carbocycles. The maximum atomic E-state index is 14.1. The van der Waals surface area contributed by atoms with Crippen molar-refractivity contribution in [2.75, 3.05) is 34.5 Å². The van der Waals surface area contributed by atoms with E-state index in [9.17, 15) is 14.4 Å². The third-order valence-corrected chi connectivity index (χ3v) is 7.85. The summed E-state index contributed by atoms with van der Waals surface area (Å²) in [7, 11) is 1.56. The van der Waals surface area contributed by atoms with Crippen LogP contribution in [0.4, 0.5) is 17.1 Å². The van der Waals surface area contributed by atoms with Crippen LogP contribution in [-0.2, 0) is 19.3 Å². The zero-order chi connectivity index (χ0) is 24.7. The van der Waals surface area contributed by atoms with Gasteiger partial charge in [-0.05, 0) is 55.3 Å². The molecule has 2 aliphatic heterocycles. The number of fused-ring (bicyclic) bond motifs is 2. The van der Waals surface area contributed by atoms with Crippen molar-refractivity contribution in [3.05, 3.63) is 83.4 Å². The highest BCUT2D eigenvalue weighted by molar-refractivity contribution is 8.02. The molecule has 2 aliphatic rings. The Morgan fingerprint density at radius 2 is 1.83 bits per heavy atom. The van der Waals surface area contributed by atoms with E-state index in [1.54, 1.807) is 36.3 Å². The van der Waals surface area contributed by atoms with E-state index in [1.165, 1.54) is 16.7 Å². The van der Waals surface area contributed by atoms with Crippen molar-refractivity contribution in [3.8, 4) is 5.75 Å². The second-order valence-electron chi connectivity index (χ2n) is 8.62. The lowest BCUT2D eigenvalue weighted by atomic mass is 10.0. The number of rotatable bonds is 5. The van der Waals surface area contributed by atoms with Crippen LogP contribution < -0.4 is 19.9 Å². The number of nitrogens with zero attached hydrogens (tertiary/aromatic N) is 2. The smallest absolute Gasteiger partial charge is 0.269 e. The lowest BCUT2D eigenvalue weighted by molar-refractivity contribution is -0.124. The molecule has 178 valence electrons. The van der Waals surface area contributed by atoms with Gasteiger partial charge in [0.15, 0.2) is 0 Å². The number of benzene rings is 3. The van der Waals surface area contributed by atoms with Crippen molar-refractivity contribution in [1.82, 2.24) is 0 Å². The Morgan fingerprint density at radius 1 is 1.03 bits per heavy atom. The summed E-state index contributed by atoms with van der Waals surface area (Å²) >= 11 is 1.30. The lowest BCUT2D eigenvalue weighted by Gasteiger charge is -2.33. The number of thioether (sulfide) groups is 1. The van der Waals surface area contributed by atoms with Crippen molar-refractivity contribution < 1.29 is 19.1 Å². The van der Waals surface area contributed by atoms with E-state index in [0.717, 1.165) is 11.1 Å². The fourth-order valence-electron chi connectivity index (χ4n) is 4.62. The van der Waals surface area contributed by atoms with Crippen molar-refractivity contribution in [2.45, 2.75) is 18.7 Å². The summed E-state index contributed by atoms with van der Waals surface area (Å²) in [4.78, 5) is 42.1. The average Bonchev–Trinajstić information content (AvgIpc) is 3.32. The Hall–Kier alpha value is -3.78. The van der Waals surface area contributed by atoms with E-state index in [2.05, 4.69) is 5.32 Å². The molecular weight excluding hydrogens is 462 g/mol. The second-order valence-corrected chi connectivity index (χ2v) is 9.79. The van der Waals surface area contributed by atoms with Crippen molar-refractivity contribution in [1.29, 1.82) is 0 Å². The molecular formula is C27H25N3O4S. The number of aryl methyl sites for hydroxylation is 2. The van der Waals surface area contributed by atoms with Crippen molar-refractivity contribution in [2.24, 2.45) is 0 Å². The van der Waals surface area contributed by atoms with Crippen LogP contribution in [0.25, 0.3) is 0 Å². The number of nitrogens with one attached hydrogen (secondary N) is 1. The third-order valence-electron chi connectivity index (χ3n) is 6.47. The lowest BCUT2D eigenvalue weighted by Crippen LogP contribution is -2.50. The summed E-state index contributed by atoms with van der Waals surface area (Å²) in [6.45, 7) is 3.82. The first-order valence-corrected chi connectivity index (χ1v) is 12.2. The Morgan fingerprint density at radius 3 is 2.60 bits per heavy atom. The highest BCUT2D eigenvalue weighted by Gasteiger charge is 2.61. The molecule has 1 atom stereocenters. The first-order valence-electron chi connectivity index (χ1n) is 11.2. The number of hydrogen-bond acceptors (Lipinski definition) is 5. The molecule has 5 rings (SSSR count). The number of anilines is 3. The molecule has 7 nitrogen and oxygen atoms in total. The maximum Gasteiger partial charge on any atom is 0.269 e. The van der Waals surface area contributed by atoms with Crippen LogP contribution in [0.3, 0.4) is 0 Å². The molecule has 8 heteroatoms. The number of ether oxygens (including phenoxy) is 1. The van der Waals surface area contributed by atoms with Gasteiger partial charge in [0.25, 0.3) is 5.91 Å². The fourth-order valence-corrected chi connectivity index (χ4v) is 5.98. The van der Waals surface area contributed by atoms with Crippen molar-refractivity contribution in [3.63, 3.8) is 0 Å². The minimum atomic E-state index is -1.24.